The molecule has 4 unspecified atom stereocenters. The van der Waals surface area contributed by atoms with Crippen molar-refractivity contribution in [3.63, 3.8) is 0 Å². The Bertz CT molecular complexity index is 1420. The molecule has 15 heteroatoms. The van der Waals surface area contributed by atoms with Crippen LogP contribution in [0.1, 0.15) is 27.0 Å². The van der Waals surface area contributed by atoms with Crippen LogP contribution in [0.2, 0.25) is 0 Å². The van der Waals surface area contributed by atoms with E-state index in [4.69, 9.17) is 42.5 Å². The molecule has 1 aliphatic rings. The fourth-order valence-electron chi connectivity index (χ4n) is 3.89. The molecule has 0 bridgehead atoms. The number of nitrogen functional groups attached to an aromatic ring is 1. The minimum atomic E-state index is -3.45. The van der Waals surface area contributed by atoms with Crippen molar-refractivity contribution in [2.24, 2.45) is 0 Å². The second kappa shape index (κ2) is 11.5. The summed E-state index contributed by atoms with van der Waals surface area (Å²) >= 11 is 5.70. The highest BCUT2D eigenvalue weighted by Crippen LogP contribution is 2.47. The number of aliphatic hydroxyl groups excluding tert-OH is 1. The summed E-state index contributed by atoms with van der Waals surface area (Å²) < 4.78 is 24.5. The second-order valence-corrected chi connectivity index (χ2v) is 12.2. The lowest BCUT2D eigenvalue weighted by atomic mass is 9.95. The van der Waals surface area contributed by atoms with Crippen LogP contribution in [-0.2, 0) is 30.6 Å². The van der Waals surface area contributed by atoms with Gasteiger partial charge in [-0.1, -0.05) is 24.1 Å². The summed E-state index contributed by atoms with van der Waals surface area (Å²) in [5.74, 6) is 2.18. The number of esters is 1. The first kappa shape index (κ1) is 28.8. The topological polar surface area (TPSA) is 176 Å². The smallest absolute Gasteiger partial charge is 0.323 e. The molecule has 3 aromatic rings. The number of fused-ring (bicyclic) bond motifs is 1. The third-order valence-corrected chi connectivity index (χ3v) is 8.29. The number of aliphatic hydroxyl groups is 2. The van der Waals surface area contributed by atoms with Gasteiger partial charge in [-0.15, -0.1) is 6.42 Å². The van der Waals surface area contributed by atoms with Crippen LogP contribution in [0.15, 0.2) is 43.0 Å². The molecule has 2 aromatic heterocycles. The average Bonchev–Trinajstić information content (AvgIpc) is 3.43. The highest BCUT2D eigenvalue weighted by Gasteiger charge is 2.56. The number of benzene rings is 1. The third-order valence-electron chi connectivity index (χ3n) is 5.79. The fourth-order valence-corrected chi connectivity index (χ4v) is 6.30. The number of para-hydroxylation sites is 1. The van der Waals surface area contributed by atoms with Gasteiger partial charge >= 0.3 is 12.6 Å². The molecule has 39 heavy (non-hydrogen) atoms. The molecular formula is C24H29N6O7PS. The Morgan fingerprint density at radius 1 is 1.33 bits per heavy atom. The number of ether oxygens (including phenoxy) is 2. The minimum Gasteiger partial charge on any atom is -0.462 e. The maximum atomic E-state index is 12.5. The molecule has 0 radical (unpaired) electrons. The number of anilines is 1. The van der Waals surface area contributed by atoms with Crippen LogP contribution in [0.3, 0.4) is 0 Å². The van der Waals surface area contributed by atoms with Crippen LogP contribution in [0.4, 0.5) is 5.82 Å². The Labute approximate surface area is 229 Å². The predicted molar refractivity (Wildman–Crippen MR) is 145 cm³/mol. The first-order chi connectivity index (χ1) is 18.5. The number of nitrogens with zero attached hydrogens (tertiary/aromatic N) is 4. The molecule has 3 heterocycles. The molecule has 0 spiro atoms. The Morgan fingerprint density at radius 2 is 2.05 bits per heavy atom. The van der Waals surface area contributed by atoms with E-state index in [0.29, 0.717) is 5.75 Å². The van der Waals surface area contributed by atoms with Crippen molar-refractivity contribution < 1.29 is 33.5 Å². The summed E-state index contributed by atoms with van der Waals surface area (Å²) in [7, 11) is 0. The SMILES string of the molecule is C#C[C@]1(O)C(n2cnc3c(N)ncnc32)OC(COP(=S)(NC(C)C(=O)OC(C)C)Oc2ccccc2)[C@H]1O. The quantitative estimate of drug-likeness (QED) is 0.154. The largest absolute Gasteiger partial charge is 0.462 e. The summed E-state index contributed by atoms with van der Waals surface area (Å²) in [6.45, 7) is 1.22. The summed E-state index contributed by atoms with van der Waals surface area (Å²) in [5.41, 5.74) is 4.19. The van der Waals surface area contributed by atoms with Crippen LogP contribution in [0, 0.1) is 12.3 Å². The van der Waals surface area contributed by atoms with Crippen molar-refractivity contribution in [2.45, 2.75) is 57.0 Å². The zero-order valence-corrected chi connectivity index (χ0v) is 23.1. The van der Waals surface area contributed by atoms with Crippen molar-refractivity contribution in [2.75, 3.05) is 12.3 Å². The lowest BCUT2D eigenvalue weighted by Gasteiger charge is -2.28. The molecule has 1 fully saturated rings. The number of aromatic nitrogens is 4. The molecular weight excluding hydrogens is 547 g/mol. The summed E-state index contributed by atoms with van der Waals surface area (Å²) in [6.07, 6.45) is 3.79. The van der Waals surface area contributed by atoms with E-state index in [0.717, 1.165) is 0 Å². The summed E-state index contributed by atoms with van der Waals surface area (Å²) in [6, 6.07) is 7.77. The van der Waals surface area contributed by atoms with E-state index < -0.39 is 42.7 Å². The predicted octanol–water partition coefficient (Wildman–Crippen LogP) is 1.28. The van der Waals surface area contributed by atoms with Gasteiger partial charge in [0, 0.05) is 0 Å². The molecule has 0 saturated carbocycles. The van der Waals surface area contributed by atoms with Gasteiger partial charge in [-0.2, -0.15) is 0 Å². The van der Waals surface area contributed by atoms with Gasteiger partial charge in [-0.25, -0.2) is 20.0 Å². The molecule has 0 aliphatic carbocycles. The number of rotatable bonds is 10. The van der Waals surface area contributed by atoms with Gasteiger partial charge in [-0.3, -0.25) is 9.36 Å². The van der Waals surface area contributed by atoms with Crippen LogP contribution >= 0.6 is 6.64 Å². The van der Waals surface area contributed by atoms with Crippen LogP contribution in [0.25, 0.3) is 11.2 Å². The second-order valence-electron chi connectivity index (χ2n) is 9.06. The van der Waals surface area contributed by atoms with Gasteiger partial charge in [0.2, 0.25) is 0 Å². The number of hydrogen-bond acceptors (Lipinski definition) is 12. The summed E-state index contributed by atoms with van der Waals surface area (Å²) in [5, 5.41) is 25.2. The minimum absolute atomic E-state index is 0.122. The van der Waals surface area contributed by atoms with E-state index >= 15 is 0 Å². The Morgan fingerprint density at radius 3 is 2.72 bits per heavy atom. The Hall–Kier alpha value is -3.15. The van der Waals surface area contributed by atoms with Crippen molar-refractivity contribution in [1.29, 1.82) is 0 Å². The number of carbonyl (C=O) groups is 1. The van der Waals surface area contributed by atoms with Crippen LogP contribution in [-0.4, -0.2) is 72.3 Å². The number of imidazole rings is 1. The number of hydrogen-bond donors (Lipinski definition) is 4. The van der Waals surface area contributed by atoms with E-state index in [1.54, 1.807) is 51.1 Å². The molecule has 6 atom stereocenters. The molecule has 208 valence electrons. The lowest BCUT2D eigenvalue weighted by molar-refractivity contribution is -0.149. The maximum absolute atomic E-state index is 12.5. The molecule has 1 aliphatic heterocycles. The molecule has 5 N–H and O–H groups in total. The van der Waals surface area contributed by atoms with Gasteiger partial charge in [0.15, 0.2) is 23.3 Å². The highest BCUT2D eigenvalue weighted by atomic mass is 32.5. The number of carbonyl (C=O) groups excluding carboxylic acids is 1. The zero-order chi connectivity index (χ0) is 28.4. The van der Waals surface area contributed by atoms with Gasteiger partial charge < -0.3 is 34.5 Å². The van der Waals surface area contributed by atoms with Crippen LogP contribution < -0.4 is 15.3 Å². The zero-order valence-electron chi connectivity index (χ0n) is 21.4. The fraction of sp³-hybridized carbons (Fsp3) is 0.417. The lowest BCUT2D eigenvalue weighted by Crippen LogP contribution is -2.46. The van der Waals surface area contributed by atoms with Crippen molar-refractivity contribution in [3.05, 3.63) is 43.0 Å². The number of terminal acetylenes is 1. The van der Waals surface area contributed by atoms with Crippen LogP contribution in [0.5, 0.6) is 5.75 Å². The Balaban J connectivity index is 1.57. The van der Waals surface area contributed by atoms with Crippen molar-refractivity contribution >= 4 is 41.4 Å². The van der Waals surface area contributed by atoms with Gasteiger partial charge in [0.25, 0.3) is 0 Å². The van der Waals surface area contributed by atoms with E-state index in [-0.39, 0.29) is 29.7 Å². The molecule has 13 nitrogen and oxygen atoms in total. The van der Waals surface area contributed by atoms with E-state index in [1.165, 1.54) is 17.2 Å². The number of nitrogens with one attached hydrogen (secondary N) is 1. The first-order valence-electron chi connectivity index (χ1n) is 11.9. The molecule has 1 aromatic carbocycles. The normalized spacial score (nSPS) is 25.2. The molecule has 0 amide bonds. The maximum Gasteiger partial charge on any atom is 0.323 e. The van der Waals surface area contributed by atoms with Gasteiger partial charge in [-0.05, 0) is 44.7 Å². The van der Waals surface area contributed by atoms with Crippen molar-refractivity contribution in [1.82, 2.24) is 24.6 Å². The van der Waals surface area contributed by atoms with E-state index in [2.05, 4.69) is 26.0 Å². The van der Waals surface area contributed by atoms with Gasteiger partial charge in [0.1, 0.15) is 35.8 Å². The highest BCUT2D eigenvalue weighted by molar-refractivity contribution is 8.09. The van der Waals surface area contributed by atoms with E-state index in [9.17, 15) is 15.0 Å². The first-order valence-corrected chi connectivity index (χ1v) is 14.6. The molecule has 4 rings (SSSR count). The average molecular weight is 577 g/mol. The number of nitrogens with two attached hydrogens (primary N) is 1. The standard InChI is InChI=1S/C24H29N6O7PS/c1-5-24(33)19(31)17(36-23(24)30-13-28-18-20(25)26-12-27-21(18)30)11-34-38(39,37-16-9-7-6-8-10-16)29-15(4)22(32)35-14(2)3/h1,6-10,12-15,17,19,23,31,33H,11H2,2-4H3,(H,29,39)(H2,25,26,27)/t15?,17?,19-,23?,24-,38?/m1/s1. The van der Waals surface area contributed by atoms with E-state index in [1.807, 2.05) is 0 Å². The van der Waals surface area contributed by atoms with Gasteiger partial charge in [0.05, 0.1) is 19.0 Å². The molecule has 1 saturated heterocycles. The third kappa shape index (κ3) is 6.05. The Kier molecular flexibility index (Phi) is 8.53. The monoisotopic (exact) mass is 576 g/mol. The summed E-state index contributed by atoms with van der Waals surface area (Å²) in [4.78, 5) is 24.7. The van der Waals surface area contributed by atoms with Crippen molar-refractivity contribution in [3.8, 4) is 18.1 Å².